The normalized spacial score (nSPS) is 11.1. The second kappa shape index (κ2) is 13.7. The number of hydrogen-bond acceptors (Lipinski definition) is 4. The van der Waals surface area contributed by atoms with Gasteiger partial charge in [-0.15, -0.1) is 0 Å². The van der Waals surface area contributed by atoms with Gasteiger partial charge in [-0.05, 0) is 46.2 Å². The highest BCUT2D eigenvalue weighted by molar-refractivity contribution is 5.96. The number of benzene rings is 7. The lowest BCUT2D eigenvalue weighted by molar-refractivity contribution is 1.18. The summed E-state index contributed by atoms with van der Waals surface area (Å²) in [5.74, 6) is 1.39. The molecular weight excluding hydrogens is 633 g/mol. The van der Waals surface area contributed by atoms with Crippen LogP contribution in [0.1, 0.15) is 0 Å². The Hall–Kier alpha value is -7.04. The van der Waals surface area contributed by atoms with Crippen molar-refractivity contribution < 1.29 is 0 Å². The van der Waals surface area contributed by atoms with E-state index >= 15 is 0 Å². The number of fused-ring (bicyclic) bond motifs is 1. The Kier molecular flexibility index (Phi) is 8.16. The smallest absolute Gasteiger partial charge is 0.160 e. The van der Waals surface area contributed by atoms with Gasteiger partial charge < -0.3 is 0 Å². The van der Waals surface area contributed by atoms with Crippen LogP contribution in [0.15, 0.2) is 194 Å². The molecule has 0 aliphatic heterocycles. The van der Waals surface area contributed by atoms with Gasteiger partial charge in [0.25, 0.3) is 0 Å². The zero-order valence-corrected chi connectivity index (χ0v) is 28.3. The zero-order valence-electron chi connectivity index (χ0n) is 28.3. The van der Waals surface area contributed by atoms with Crippen LogP contribution in [-0.4, -0.2) is 19.9 Å². The van der Waals surface area contributed by atoms with Crippen molar-refractivity contribution in [1.82, 2.24) is 19.9 Å². The molecule has 4 nitrogen and oxygen atoms in total. The van der Waals surface area contributed by atoms with Gasteiger partial charge in [-0.1, -0.05) is 170 Å². The lowest BCUT2D eigenvalue weighted by Gasteiger charge is -2.13. The predicted molar refractivity (Wildman–Crippen MR) is 213 cm³/mol. The first-order valence-corrected chi connectivity index (χ1v) is 17.4. The van der Waals surface area contributed by atoms with E-state index in [-0.39, 0.29) is 0 Å². The lowest BCUT2D eigenvalue weighted by Crippen LogP contribution is -1.97. The molecule has 0 spiro atoms. The first-order valence-electron chi connectivity index (χ1n) is 17.4. The number of rotatable bonds is 7. The molecule has 9 aromatic rings. The van der Waals surface area contributed by atoms with Crippen molar-refractivity contribution >= 4 is 10.8 Å². The molecule has 2 aromatic heterocycles. The molecule has 0 aliphatic carbocycles. The van der Waals surface area contributed by atoms with Crippen LogP contribution in [-0.2, 0) is 0 Å². The van der Waals surface area contributed by atoms with Crippen molar-refractivity contribution in [2.45, 2.75) is 0 Å². The third-order valence-corrected chi connectivity index (χ3v) is 9.30. The molecule has 244 valence electrons. The van der Waals surface area contributed by atoms with Crippen LogP contribution >= 0.6 is 0 Å². The van der Waals surface area contributed by atoms with E-state index in [0.29, 0.717) is 11.6 Å². The molecule has 0 atom stereocenters. The Morgan fingerprint density at radius 3 is 1.21 bits per heavy atom. The summed E-state index contributed by atoms with van der Waals surface area (Å²) in [5, 5.41) is 2.34. The van der Waals surface area contributed by atoms with Crippen LogP contribution in [0.3, 0.4) is 0 Å². The average molecular weight is 665 g/mol. The topological polar surface area (TPSA) is 51.6 Å². The summed E-state index contributed by atoms with van der Waals surface area (Å²) in [7, 11) is 0. The maximum atomic E-state index is 5.13. The van der Waals surface area contributed by atoms with Crippen LogP contribution < -0.4 is 0 Å². The fourth-order valence-electron chi connectivity index (χ4n) is 6.68. The fourth-order valence-corrected chi connectivity index (χ4v) is 6.68. The third kappa shape index (κ3) is 6.26. The number of aromatic nitrogens is 4. The van der Waals surface area contributed by atoms with E-state index in [1.807, 2.05) is 54.6 Å². The highest BCUT2D eigenvalue weighted by Gasteiger charge is 2.15. The molecule has 0 radical (unpaired) electrons. The maximum absolute atomic E-state index is 5.13. The molecule has 7 aromatic carbocycles. The molecule has 2 heterocycles. The zero-order chi connectivity index (χ0) is 34.7. The Morgan fingerprint density at radius 1 is 0.250 bits per heavy atom. The molecule has 0 amide bonds. The van der Waals surface area contributed by atoms with Crippen molar-refractivity contribution in [2.24, 2.45) is 0 Å². The molecule has 0 saturated heterocycles. The van der Waals surface area contributed by atoms with Gasteiger partial charge in [-0.25, -0.2) is 19.9 Å². The van der Waals surface area contributed by atoms with E-state index in [1.165, 1.54) is 5.39 Å². The van der Waals surface area contributed by atoms with Crippen LogP contribution in [0.25, 0.3) is 89.7 Å². The van der Waals surface area contributed by atoms with Gasteiger partial charge >= 0.3 is 0 Å². The Morgan fingerprint density at radius 2 is 0.635 bits per heavy atom. The summed E-state index contributed by atoms with van der Waals surface area (Å²) in [5.41, 5.74) is 11.8. The minimum atomic E-state index is 0.695. The minimum absolute atomic E-state index is 0.695. The minimum Gasteiger partial charge on any atom is -0.228 e. The van der Waals surface area contributed by atoms with E-state index in [1.54, 1.807) is 0 Å². The van der Waals surface area contributed by atoms with Crippen LogP contribution in [0, 0.1) is 0 Å². The molecular formula is C48H32N4. The van der Waals surface area contributed by atoms with E-state index in [2.05, 4.69) is 140 Å². The van der Waals surface area contributed by atoms with Crippen molar-refractivity contribution in [3.63, 3.8) is 0 Å². The fraction of sp³-hybridized carbons (Fsp3) is 0. The van der Waals surface area contributed by atoms with Gasteiger partial charge in [0.2, 0.25) is 0 Å². The van der Waals surface area contributed by atoms with Crippen LogP contribution in [0.5, 0.6) is 0 Å². The SMILES string of the molecule is c1ccc(-c2cc(-c3cccc(-c4cccc(-c5cc(-c6cccc7ccccc67)nc(-c6ccccc6)n5)c4)c3)nc(-c3ccccc3)n2)cc1. The van der Waals surface area contributed by atoms with Crippen molar-refractivity contribution in [2.75, 3.05) is 0 Å². The second-order valence-corrected chi connectivity index (χ2v) is 12.7. The molecule has 0 N–H and O–H groups in total. The predicted octanol–water partition coefficient (Wildman–Crippen LogP) is 12.1. The Bertz CT molecular complexity index is 2610. The summed E-state index contributed by atoms with van der Waals surface area (Å²) >= 11 is 0. The van der Waals surface area contributed by atoms with E-state index in [4.69, 9.17) is 19.9 Å². The molecule has 0 fully saturated rings. The highest BCUT2D eigenvalue weighted by Crippen LogP contribution is 2.35. The lowest BCUT2D eigenvalue weighted by atomic mass is 9.97. The van der Waals surface area contributed by atoms with Gasteiger partial charge in [-0.3, -0.25) is 0 Å². The first-order chi connectivity index (χ1) is 25.7. The maximum Gasteiger partial charge on any atom is 0.160 e. The molecule has 52 heavy (non-hydrogen) atoms. The van der Waals surface area contributed by atoms with Gasteiger partial charge in [0.15, 0.2) is 11.6 Å². The van der Waals surface area contributed by atoms with Crippen LogP contribution in [0.2, 0.25) is 0 Å². The number of nitrogens with zero attached hydrogens (tertiary/aromatic N) is 4. The van der Waals surface area contributed by atoms with Gasteiger partial charge in [0.1, 0.15) is 0 Å². The number of hydrogen-bond donors (Lipinski definition) is 0. The summed E-state index contributed by atoms with van der Waals surface area (Å²) in [4.78, 5) is 20.3. The highest BCUT2D eigenvalue weighted by atomic mass is 14.9. The Labute approximate surface area is 302 Å². The van der Waals surface area contributed by atoms with Gasteiger partial charge in [0.05, 0.1) is 22.8 Å². The van der Waals surface area contributed by atoms with Crippen molar-refractivity contribution in [1.29, 1.82) is 0 Å². The first kappa shape index (κ1) is 31.0. The molecule has 0 unspecified atom stereocenters. The largest absolute Gasteiger partial charge is 0.228 e. The summed E-state index contributed by atoms with van der Waals surface area (Å²) in [6.07, 6.45) is 0. The second-order valence-electron chi connectivity index (χ2n) is 12.7. The third-order valence-electron chi connectivity index (χ3n) is 9.30. The van der Waals surface area contributed by atoms with Crippen molar-refractivity contribution in [3.05, 3.63) is 194 Å². The molecule has 0 bridgehead atoms. The van der Waals surface area contributed by atoms with Gasteiger partial charge in [0, 0.05) is 33.4 Å². The quantitative estimate of drug-likeness (QED) is 0.170. The van der Waals surface area contributed by atoms with Crippen LogP contribution in [0.4, 0.5) is 0 Å². The standard InChI is InChI=1S/C48H32N4/c1-4-16-34(17-5-1)43-31-44(50-47(49-43)35-18-6-2-7-19-35)39-25-12-23-37(29-39)38-24-13-26-40(30-38)45-32-46(52-48(51-45)36-20-8-3-9-21-36)42-28-14-22-33-15-10-11-27-41(33)42/h1-32H. The summed E-state index contributed by atoms with van der Waals surface area (Å²) < 4.78 is 0. The molecule has 0 aliphatic rings. The molecule has 0 saturated carbocycles. The summed E-state index contributed by atoms with van der Waals surface area (Å²) in [6, 6.07) is 66.8. The monoisotopic (exact) mass is 664 g/mol. The van der Waals surface area contributed by atoms with E-state index in [9.17, 15) is 0 Å². The molecule has 9 rings (SSSR count). The van der Waals surface area contributed by atoms with Crippen molar-refractivity contribution in [3.8, 4) is 78.9 Å². The molecule has 4 heteroatoms. The van der Waals surface area contributed by atoms with E-state index in [0.717, 1.165) is 72.7 Å². The van der Waals surface area contributed by atoms with Gasteiger partial charge in [-0.2, -0.15) is 0 Å². The summed E-state index contributed by atoms with van der Waals surface area (Å²) in [6.45, 7) is 0. The average Bonchev–Trinajstić information content (AvgIpc) is 3.24. The Balaban J connectivity index is 1.14. The van der Waals surface area contributed by atoms with E-state index < -0.39 is 0 Å².